The van der Waals surface area contributed by atoms with Crippen LogP contribution in [-0.4, -0.2) is 12.1 Å². The Bertz CT molecular complexity index is 668. The molecule has 0 heterocycles. The van der Waals surface area contributed by atoms with Crippen LogP contribution in [0.4, 0.5) is 0 Å². The molecule has 0 radical (unpaired) electrons. The highest BCUT2D eigenvalue weighted by molar-refractivity contribution is 7.80. The number of ether oxygens (including phenoxy) is 2. The van der Waals surface area contributed by atoms with E-state index in [1.165, 1.54) is 11.1 Å². The Balaban J connectivity index is 2.17. The second-order valence-corrected chi connectivity index (χ2v) is 5.41. The van der Waals surface area contributed by atoms with Gasteiger partial charge in [0.15, 0.2) is 0 Å². The lowest BCUT2D eigenvalue weighted by Crippen LogP contribution is -2.09. The minimum absolute atomic E-state index is 0.324. The van der Waals surface area contributed by atoms with Gasteiger partial charge in [-0.3, -0.25) is 0 Å². The normalized spacial score (nSPS) is 10.2. The molecule has 21 heavy (non-hydrogen) atoms. The van der Waals surface area contributed by atoms with Gasteiger partial charge in [-0.25, -0.2) is 0 Å². The van der Waals surface area contributed by atoms with Crippen molar-refractivity contribution in [2.45, 2.75) is 20.5 Å². The van der Waals surface area contributed by atoms with E-state index in [9.17, 15) is 0 Å². The molecule has 0 aromatic heterocycles. The highest BCUT2D eigenvalue weighted by Gasteiger charge is 2.05. The van der Waals surface area contributed by atoms with Crippen molar-refractivity contribution in [3.05, 3.63) is 58.7 Å². The fourth-order valence-corrected chi connectivity index (χ4v) is 2.09. The van der Waals surface area contributed by atoms with Crippen molar-refractivity contribution in [2.75, 3.05) is 7.11 Å². The fraction of sp³-hybridized carbons (Fsp3) is 0.235. The summed E-state index contributed by atoms with van der Waals surface area (Å²) in [6.07, 6.45) is 0. The van der Waals surface area contributed by atoms with Gasteiger partial charge in [0.05, 0.1) is 7.11 Å². The van der Waals surface area contributed by atoms with Crippen LogP contribution < -0.4 is 15.2 Å². The minimum Gasteiger partial charge on any atom is -0.497 e. The number of benzene rings is 2. The molecule has 0 amide bonds. The molecule has 0 aliphatic rings. The number of nitrogens with two attached hydrogens (primary N) is 1. The van der Waals surface area contributed by atoms with Crippen molar-refractivity contribution >= 4 is 17.2 Å². The lowest BCUT2D eigenvalue weighted by molar-refractivity contribution is 0.303. The van der Waals surface area contributed by atoms with Crippen LogP contribution in [0.1, 0.15) is 22.3 Å². The predicted octanol–water partition coefficient (Wildman–Crippen LogP) is 3.53. The third kappa shape index (κ3) is 3.95. The second-order valence-electron chi connectivity index (χ2n) is 4.97. The third-order valence-corrected chi connectivity index (χ3v) is 3.61. The summed E-state index contributed by atoms with van der Waals surface area (Å²) in [6, 6.07) is 11.7. The summed E-state index contributed by atoms with van der Waals surface area (Å²) in [7, 11) is 1.60. The van der Waals surface area contributed by atoms with Gasteiger partial charge in [-0.1, -0.05) is 30.4 Å². The Morgan fingerprint density at radius 1 is 1.05 bits per heavy atom. The van der Waals surface area contributed by atoms with Gasteiger partial charge in [-0.15, -0.1) is 0 Å². The largest absolute Gasteiger partial charge is 0.497 e. The van der Waals surface area contributed by atoms with Crippen molar-refractivity contribution in [1.29, 1.82) is 0 Å². The van der Waals surface area contributed by atoms with Gasteiger partial charge in [-0.05, 0) is 42.7 Å². The Labute approximate surface area is 130 Å². The van der Waals surface area contributed by atoms with Crippen LogP contribution >= 0.6 is 12.2 Å². The molecule has 2 aromatic carbocycles. The molecule has 4 heteroatoms. The molecule has 0 fully saturated rings. The quantitative estimate of drug-likeness (QED) is 0.858. The molecule has 3 nitrogen and oxygen atoms in total. The summed E-state index contributed by atoms with van der Waals surface area (Å²) in [5.41, 5.74) is 10.1. The first kappa shape index (κ1) is 15.3. The van der Waals surface area contributed by atoms with E-state index in [2.05, 4.69) is 32.0 Å². The number of thiocarbonyl (C=S) groups is 1. The summed E-state index contributed by atoms with van der Waals surface area (Å²) < 4.78 is 11.1. The summed E-state index contributed by atoms with van der Waals surface area (Å²) in [5, 5.41) is 0. The van der Waals surface area contributed by atoms with Crippen LogP contribution in [-0.2, 0) is 6.61 Å². The summed E-state index contributed by atoms with van der Waals surface area (Å²) in [4.78, 5) is 0.324. The average molecular weight is 301 g/mol. The first-order valence-electron chi connectivity index (χ1n) is 6.67. The molecule has 0 aliphatic carbocycles. The molecule has 0 bridgehead atoms. The number of hydrogen-bond donors (Lipinski definition) is 1. The Morgan fingerprint density at radius 2 is 1.76 bits per heavy atom. The number of aryl methyl sites for hydroxylation is 2. The van der Waals surface area contributed by atoms with E-state index in [-0.39, 0.29) is 0 Å². The molecule has 0 aliphatic heterocycles. The first-order chi connectivity index (χ1) is 9.99. The van der Waals surface area contributed by atoms with Crippen LogP contribution in [0.25, 0.3) is 0 Å². The van der Waals surface area contributed by atoms with Crippen molar-refractivity contribution in [1.82, 2.24) is 0 Å². The van der Waals surface area contributed by atoms with Gasteiger partial charge < -0.3 is 15.2 Å². The fourth-order valence-electron chi connectivity index (χ4n) is 1.98. The van der Waals surface area contributed by atoms with E-state index in [0.29, 0.717) is 23.1 Å². The lowest BCUT2D eigenvalue weighted by atomic mass is 10.1. The summed E-state index contributed by atoms with van der Waals surface area (Å²) in [6.45, 7) is 4.68. The maximum absolute atomic E-state index is 5.83. The lowest BCUT2D eigenvalue weighted by Gasteiger charge is -2.11. The smallest absolute Gasteiger partial charge is 0.124 e. The van der Waals surface area contributed by atoms with E-state index >= 15 is 0 Å². The third-order valence-electron chi connectivity index (χ3n) is 3.38. The first-order valence-corrected chi connectivity index (χ1v) is 7.08. The Hall–Kier alpha value is -2.07. The van der Waals surface area contributed by atoms with E-state index in [1.54, 1.807) is 13.2 Å². The van der Waals surface area contributed by atoms with Crippen molar-refractivity contribution in [2.24, 2.45) is 5.73 Å². The van der Waals surface area contributed by atoms with Gasteiger partial charge >= 0.3 is 0 Å². The zero-order valence-corrected chi connectivity index (χ0v) is 13.3. The van der Waals surface area contributed by atoms with E-state index in [1.807, 2.05) is 12.1 Å². The Morgan fingerprint density at radius 3 is 2.38 bits per heavy atom. The van der Waals surface area contributed by atoms with Gasteiger partial charge in [0, 0.05) is 11.6 Å². The highest BCUT2D eigenvalue weighted by atomic mass is 32.1. The van der Waals surface area contributed by atoms with Crippen molar-refractivity contribution in [3.8, 4) is 11.5 Å². The van der Waals surface area contributed by atoms with Crippen LogP contribution in [0.3, 0.4) is 0 Å². The van der Waals surface area contributed by atoms with E-state index in [4.69, 9.17) is 27.4 Å². The monoisotopic (exact) mass is 301 g/mol. The molecule has 0 unspecified atom stereocenters. The average Bonchev–Trinajstić information content (AvgIpc) is 2.48. The molecule has 2 rings (SSSR count). The molecule has 2 aromatic rings. The number of rotatable bonds is 5. The molecule has 0 atom stereocenters. The zero-order chi connectivity index (χ0) is 15.4. The molecule has 0 saturated carbocycles. The predicted molar refractivity (Wildman–Crippen MR) is 89.1 cm³/mol. The number of hydrogen-bond acceptors (Lipinski definition) is 3. The topological polar surface area (TPSA) is 44.5 Å². The minimum atomic E-state index is 0.324. The van der Waals surface area contributed by atoms with Gasteiger partial charge in [-0.2, -0.15) is 0 Å². The van der Waals surface area contributed by atoms with Crippen molar-refractivity contribution in [3.63, 3.8) is 0 Å². The van der Waals surface area contributed by atoms with Crippen LogP contribution in [0.15, 0.2) is 36.4 Å². The van der Waals surface area contributed by atoms with Gasteiger partial charge in [0.25, 0.3) is 0 Å². The van der Waals surface area contributed by atoms with E-state index in [0.717, 1.165) is 11.1 Å². The molecule has 2 N–H and O–H groups in total. The molecular formula is C17H19NO2S. The molecule has 0 spiro atoms. The van der Waals surface area contributed by atoms with Gasteiger partial charge in [0.1, 0.15) is 23.1 Å². The molecule has 110 valence electrons. The zero-order valence-electron chi connectivity index (χ0n) is 12.5. The maximum atomic E-state index is 5.83. The standard InChI is InChI=1S/C17H19NO2S/c1-11-4-5-13(6-12(11)2)10-20-16-8-14(17(18)21)7-15(9-16)19-3/h4-9H,10H2,1-3H3,(H2,18,21). The summed E-state index contributed by atoms with van der Waals surface area (Å²) in [5.74, 6) is 1.37. The van der Waals surface area contributed by atoms with Crippen molar-refractivity contribution < 1.29 is 9.47 Å². The maximum Gasteiger partial charge on any atom is 0.124 e. The SMILES string of the molecule is COc1cc(OCc2ccc(C)c(C)c2)cc(C(N)=S)c1. The Kier molecular flexibility index (Phi) is 4.81. The van der Waals surface area contributed by atoms with E-state index < -0.39 is 0 Å². The molecule has 0 saturated heterocycles. The second kappa shape index (κ2) is 6.59. The highest BCUT2D eigenvalue weighted by Crippen LogP contribution is 2.24. The van der Waals surface area contributed by atoms with Gasteiger partial charge in [0.2, 0.25) is 0 Å². The van der Waals surface area contributed by atoms with Crippen LogP contribution in [0.2, 0.25) is 0 Å². The molecular weight excluding hydrogens is 282 g/mol. The van der Waals surface area contributed by atoms with Crippen LogP contribution in [0, 0.1) is 13.8 Å². The van der Waals surface area contributed by atoms with Crippen LogP contribution in [0.5, 0.6) is 11.5 Å². The number of methoxy groups -OCH3 is 1. The summed E-state index contributed by atoms with van der Waals surface area (Å²) >= 11 is 5.00.